The maximum Gasteiger partial charge on any atom is 0.349 e. The SMILES string of the molecule is C/C(=N\NC(=O)/C(C#N)=C/c1ccc(N(C)C)cc1)c1c(O)c2ccc(O)cc2oc1=O. The van der Waals surface area contributed by atoms with Crippen LogP contribution < -0.4 is 16.0 Å². The summed E-state index contributed by atoms with van der Waals surface area (Å²) in [6, 6.07) is 13.0. The van der Waals surface area contributed by atoms with Crippen LogP contribution in [0.25, 0.3) is 17.0 Å². The average molecular weight is 432 g/mol. The van der Waals surface area contributed by atoms with Crippen molar-refractivity contribution in [3.05, 3.63) is 69.6 Å². The highest BCUT2D eigenvalue weighted by molar-refractivity contribution is 6.06. The van der Waals surface area contributed by atoms with Gasteiger partial charge in [-0.3, -0.25) is 4.79 Å². The topological polar surface area (TPSA) is 139 Å². The zero-order valence-electron chi connectivity index (χ0n) is 17.6. The number of aromatic hydroxyl groups is 2. The van der Waals surface area contributed by atoms with Crippen molar-refractivity contribution in [3.63, 3.8) is 0 Å². The van der Waals surface area contributed by atoms with Gasteiger partial charge in [-0.05, 0) is 42.8 Å². The van der Waals surface area contributed by atoms with Crippen LogP contribution >= 0.6 is 0 Å². The van der Waals surface area contributed by atoms with Crippen LogP contribution in [0.1, 0.15) is 18.1 Å². The number of nitrogens with zero attached hydrogens (tertiary/aromatic N) is 3. The zero-order valence-corrected chi connectivity index (χ0v) is 17.6. The number of carbonyl (C=O) groups is 1. The first-order chi connectivity index (χ1) is 15.2. The van der Waals surface area contributed by atoms with Gasteiger partial charge in [-0.25, -0.2) is 10.2 Å². The van der Waals surface area contributed by atoms with Gasteiger partial charge >= 0.3 is 5.63 Å². The molecule has 0 saturated heterocycles. The smallest absolute Gasteiger partial charge is 0.349 e. The summed E-state index contributed by atoms with van der Waals surface area (Å²) >= 11 is 0. The molecule has 2 aromatic carbocycles. The van der Waals surface area contributed by atoms with Crippen molar-refractivity contribution in [2.45, 2.75) is 6.92 Å². The summed E-state index contributed by atoms with van der Waals surface area (Å²) in [6.07, 6.45) is 1.41. The van der Waals surface area contributed by atoms with E-state index in [2.05, 4.69) is 10.5 Å². The van der Waals surface area contributed by atoms with E-state index in [1.807, 2.05) is 37.2 Å². The highest BCUT2D eigenvalue weighted by atomic mass is 16.4. The molecule has 0 saturated carbocycles. The normalized spacial score (nSPS) is 11.8. The average Bonchev–Trinajstić information content (AvgIpc) is 2.75. The van der Waals surface area contributed by atoms with E-state index in [0.717, 1.165) is 5.69 Å². The number of hydrazone groups is 1. The first kappa shape index (κ1) is 22.1. The van der Waals surface area contributed by atoms with E-state index in [1.54, 1.807) is 12.1 Å². The van der Waals surface area contributed by atoms with Crippen LogP contribution in [0, 0.1) is 11.3 Å². The molecule has 0 radical (unpaired) electrons. The van der Waals surface area contributed by atoms with E-state index in [-0.39, 0.29) is 33.6 Å². The standard InChI is InChI=1S/C23H20N4O5/c1-13(20-21(29)18-9-8-17(28)11-19(18)32-23(20)31)25-26-22(30)15(12-24)10-14-4-6-16(7-5-14)27(2)3/h4-11,28-29H,1-3H3,(H,26,30)/b15-10+,25-13+. The molecule has 162 valence electrons. The van der Waals surface area contributed by atoms with Gasteiger partial charge in [0.15, 0.2) is 0 Å². The first-order valence-electron chi connectivity index (χ1n) is 9.44. The number of rotatable bonds is 5. The van der Waals surface area contributed by atoms with Gasteiger partial charge < -0.3 is 19.5 Å². The fourth-order valence-electron chi connectivity index (χ4n) is 2.93. The molecule has 0 aliphatic carbocycles. The van der Waals surface area contributed by atoms with E-state index < -0.39 is 17.3 Å². The maximum atomic E-state index is 12.4. The van der Waals surface area contributed by atoms with Crippen LogP contribution in [-0.4, -0.2) is 35.9 Å². The number of anilines is 1. The molecule has 1 amide bonds. The Balaban J connectivity index is 1.86. The summed E-state index contributed by atoms with van der Waals surface area (Å²) in [5, 5.41) is 33.4. The molecule has 9 heteroatoms. The largest absolute Gasteiger partial charge is 0.508 e. The van der Waals surface area contributed by atoms with Crippen molar-refractivity contribution in [1.29, 1.82) is 5.26 Å². The lowest BCUT2D eigenvalue weighted by atomic mass is 10.1. The van der Waals surface area contributed by atoms with Gasteiger partial charge in [0.2, 0.25) is 0 Å². The van der Waals surface area contributed by atoms with Crippen molar-refractivity contribution in [3.8, 4) is 17.6 Å². The lowest BCUT2D eigenvalue weighted by Gasteiger charge is -2.11. The molecule has 0 aliphatic rings. The van der Waals surface area contributed by atoms with E-state index in [9.17, 15) is 25.1 Å². The van der Waals surface area contributed by atoms with Gasteiger partial charge in [0, 0.05) is 25.8 Å². The Morgan fingerprint density at radius 3 is 2.50 bits per heavy atom. The van der Waals surface area contributed by atoms with E-state index in [1.165, 1.54) is 31.2 Å². The van der Waals surface area contributed by atoms with Crippen molar-refractivity contribution in [2.24, 2.45) is 5.10 Å². The Labute approximate surface area is 183 Å². The number of amides is 1. The molecule has 0 aliphatic heterocycles. The lowest BCUT2D eigenvalue weighted by Crippen LogP contribution is -2.22. The minimum Gasteiger partial charge on any atom is -0.508 e. The number of nitrogens with one attached hydrogen (secondary N) is 1. The second-order valence-corrected chi connectivity index (χ2v) is 7.09. The Bertz CT molecular complexity index is 1350. The first-order valence-corrected chi connectivity index (χ1v) is 9.44. The Hall–Kier alpha value is -4.58. The number of phenols is 1. The molecule has 1 heterocycles. The third-order valence-corrected chi connectivity index (χ3v) is 4.64. The summed E-state index contributed by atoms with van der Waals surface area (Å²) in [7, 11) is 3.80. The summed E-state index contributed by atoms with van der Waals surface area (Å²) in [5.74, 6) is -1.31. The van der Waals surface area contributed by atoms with Crippen LogP contribution in [0.2, 0.25) is 0 Å². The highest BCUT2D eigenvalue weighted by Gasteiger charge is 2.18. The monoisotopic (exact) mass is 432 g/mol. The molecule has 9 nitrogen and oxygen atoms in total. The molecule has 32 heavy (non-hydrogen) atoms. The van der Waals surface area contributed by atoms with Crippen molar-refractivity contribution in [1.82, 2.24) is 5.43 Å². The van der Waals surface area contributed by atoms with E-state index in [0.29, 0.717) is 5.56 Å². The van der Waals surface area contributed by atoms with E-state index in [4.69, 9.17) is 4.42 Å². The van der Waals surface area contributed by atoms with Crippen LogP contribution in [-0.2, 0) is 4.79 Å². The van der Waals surface area contributed by atoms with Crippen LogP contribution in [0.3, 0.4) is 0 Å². The second kappa shape index (κ2) is 9.06. The number of fused-ring (bicyclic) bond motifs is 1. The number of phenolic OH excluding ortho intramolecular Hbond substituents is 1. The van der Waals surface area contributed by atoms with Gasteiger partial charge in [0.25, 0.3) is 5.91 Å². The number of benzene rings is 2. The molecule has 0 bridgehead atoms. The quantitative estimate of drug-likeness (QED) is 0.185. The second-order valence-electron chi connectivity index (χ2n) is 7.09. The maximum absolute atomic E-state index is 12.4. The Kier molecular flexibility index (Phi) is 6.26. The number of carbonyl (C=O) groups excluding carboxylic acids is 1. The lowest BCUT2D eigenvalue weighted by molar-refractivity contribution is -0.117. The number of nitriles is 1. The molecule has 3 N–H and O–H groups in total. The molecule has 0 atom stereocenters. The Morgan fingerprint density at radius 1 is 1.19 bits per heavy atom. The van der Waals surface area contributed by atoms with Crippen molar-refractivity contribution < 1.29 is 19.4 Å². The van der Waals surface area contributed by atoms with Crippen molar-refractivity contribution in [2.75, 3.05) is 19.0 Å². The Morgan fingerprint density at radius 2 is 1.88 bits per heavy atom. The number of hydrogen-bond acceptors (Lipinski definition) is 8. The molecule has 0 fully saturated rings. The molecular formula is C23H20N4O5. The highest BCUT2D eigenvalue weighted by Crippen LogP contribution is 2.29. The van der Waals surface area contributed by atoms with Gasteiger partial charge in [-0.15, -0.1) is 0 Å². The molecular weight excluding hydrogens is 412 g/mol. The van der Waals surface area contributed by atoms with Crippen molar-refractivity contribution >= 4 is 34.4 Å². The van der Waals surface area contributed by atoms with Crippen LogP contribution in [0.4, 0.5) is 5.69 Å². The fraction of sp³-hybridized carbons (Fsp3) is 0.130. The third kappa shape index (κ3) is 4.60. The van der Waals surface area contributed by atoms with Crippen LogP contribution in [0.5, 0.6) is 11.5 Å². The molecule has 0 unspecified atom stereocenters. The van der Waals surface area contributed by atoms with Gasteiger partial charge in [0.05, 0.1) is 11.1 Å². The minimum atomic E-state index is -0.895. The van der Waals surface area contributed by atoms with Gasteiger partial charge in [0.1, 0.15) is 34.3 Å². The molecule has 1 aromatic heterocycles. The van der Waals surface area contributed by atoms with Crippen LogP contribution in [0.15, 0.2) is 62.4 Å². The molecule has 3 rings (SSSR count). The summed E-state index contributed by atoms with van der Waals surface area (Å²) in [5.41, 5.74) is 2.48. The van der Waals surface area contributed by atoms with Gasteiger partial charge in [-0.2, -0.15) is 10.4 Å². The summed E-state index contributed by atoms with van der Waals surface area (Å²) in [6.45, 7) is 1.40. The van der Waals surface area contributed by atoms with Gasteiger partial charge in [-0.1, -0.05) is 12.1 Å². The molecule has 3 aromatic rings. The number of hydrogen-bond donors (Lipinski definition) is 3. The predicted molar refractivity (Wildman–Crippen MR) is 121 cm³/mol. The fourth-order valence-corrected chi connectivity index (χ4v) is 2.93. The third-order valence-electron chi connectivity index (χ3n) is 4.64. The van der Waals surface area contributed by atoms with E-state index >= 15 is 0 Å². The zero-order chi connectivity index (χ0) is 23.4. The predicted octanol–water partition coefficient (Wildman–Crippen LogP) is 2.72. The summed E-state index contributed by atoms with van der Waals surface area (Å²) in [4.78, 5) is 26.6. The minimum absolute atomic E-state index is 0.00284. The molecule has 0 spiro atoms. The summed E-state index contributed by atoms with van der Waals surface area (Å²) < 4.78 is 5.12.